The molecule has 0 amide bonds. The van der Waals surface area contributed by atoms with Crippen LogP contribution < -0.4 is 0 Å². The average molecular weight is 924 g/mol. The summed E-state index contributed by atoms with van der Waals surface area (Å²) in [6.45, 7) is 23.0. The van der Waals surface area contributed by atoms with Crippen LogP contribution in [0.4, 0.5) is 0 Å². The predicted octanol–water partition coefficient (Wildman–Crippen LogP) is 12.9. The smallest absolute Gasteiger partial charge is 0.338 e. The molecule has 1 fully saturated rings. The molecule has 0 unspecified atom stereocenters. The van der Waals surface area contributed by atoms with E-state index in [0.29, 0.717) is 11.1 Å². The number of hydrogen-bond acceptors (Lipinski definition) is 10. The van der Waals surface area contributed by atoms with E-state index in [1.165, 1.54) is 57.8 Å². The molecule has 1 aliphatic heterocycles. The van der Waals surface area contributed by atoms with Gasteiger partial charge in [0.05, 0.1) is 24.3 Å². The maximum Gasteiger partial charge on any atom is 0.338 e. The molecule has 1 saturated heterocycles. The van der Waals surface area contributed by atoms with Gasteiger partial charge in [0.1, 0.15) is 30.5 Å². The predicted molar refractivity (Wildman–Crippen MR) is 260 cm³/mol. The largest absolute Gasteiger partial charge is 0.454 e. The van der Waals surface area contributed by atoms with Crippen LogP contribution in [0.25, 0.3) is 10.4 Å². The number of unbranched alkanes of at least 4 members (excludes halogenated alkanes) is 11. The third-order valence-electron chi connectivity index (χ3n) is 13.1. The van der Waals surface area contributed by atoms with Gasteiger partial charge in [0, 0.05) is 4.91 Å². The molecule has 1 aliphatic rings. The van der Waals surface area contributed by atoms with Gasteiger partial charge in [0.15, 0.2) is 29.0 Å². The first-order valence-corrected chi connectivity index (χ1v) is 29.5. The maximum atomic E-state index is 13.8. The van der Waals surface area contributed by atoms with Crippen LogP contribution in [0.3, 0.4) is 0 Å². The van der Waals surface area contributed by atoms with Crippen molar-refractivity contribution < 1.29 is 42.5 Å². The Hall–Kier alpha value is -3.34. The van der Waals surface area contributed by atoms with Gasteiger partial charge >= 0.3 is 11.9 Å². The maximum absolute atomic E-state index is 13.8. The highest BCUT2D eigenvalue weighted by Gasteiger charge is 2.53. The minimum atomic E-state index is -2.68. The Morgan fingerprint density at radius 3 is 1.81 bits per heavy atom. The zero-order valence-corrected chi connectivity index (χ0v) is 42.9. The SMILES string of the molecule is CCCCCCCCCCCCCC=C[C@@H](OC(=O)c1ccccc1)[C@H](CO[C@H]1O[C@H](CO[Si](C)(C)C(C)(C)C)[C@@H](O)[C@H](OC(=O)c2ccccc2)[C@@H]1O[Si](C)(C)C(C)(C)C)N=[N+]=[N-]. The van der Waals surface area contributed by atoms with Gasteiger partial charge in [-0.05, 0) is 85.0 Å². The lowest BCUT2D eigenvalue weighted by Crippen LogP contribution is -2.64. The van der Waals surface area contributed by atoms with E-state index in [2.05, 4.69) is 84.7 Å². The third-order valence-corrected chi connectivity index (χ3v) is 22.1. The number of aliphatic hydroxyl groups is 1. The molecule has 3 rings (SSSR count). The van der Waals surface area contributed by atoms with Crippen LogP contribution in [0.2, 0.25) is 36.3 Å². The van der Waals surface area contributed by atoms with Gasteiger partial charge in [0.25, 0.3) is 0 Å². The van der Waals surface area contributed by atoms with Crippen LogP contribution >= 0.6 is 0 Å². The quantitative estimate of drug-likeness (QED) is 0.0175. The van der Waals surface area contributed by atoms with Gasteiger partial charge in [0.2, 0.25) is 0 Å². The lowest BCUT2D eigenvalue weighted by Gasteiger charge is -2.49. The molecular formula is C50H81N3O9Si2. The molecule has 0 aromatic heterocycles. The summed E-state index contributed by atoms with van der Waals surface area (Å²) >= 11 is 0. The van der Waals surface area contributed by atoms with E-state index in [4.69, 9.17) is 27.8 Å². The van der Waals surface area contributed by atoms with Gasteiger partial charge < -0.3 is 32.9 Å². The highest BCUT2D eigenvalue weighted by atomic mass is 28.4. The van der Waals surface area contributed by atoms with Crippen LogP contribution in [0, 0.1) is 0 Å². The van der Waals surface area contributed by atoms with Crippen molar-refractivity contribution in [3.05, 3.63) is 94.4 Å². The molecule has 2 aromatic rings. The number of hydrogen-bond donors (Lipinski definition) is 1. The zero-order chi connectivity index (χ0) is 47.4. The number of rotatable bonds is 27. The summed E-state index contributed by atoms with van der Waals surface area (Å²) in [5.74, 6) is -1.21. The summed E-state index contributed by atoms with van der Waals surface area (Å²) < 4.78 is 39.0. The van der Waals surface area contributed by atoms with Crippen molar-refractivity contribution in [1.82, 2.24) is 0 Å². The summed E-state index contributed by atoms with van der Waals surface area (Å²) in [7, 11) is -5.02. The van der Waals surface area contributed by atoms with Crippen LogP contribution in [0.1, 0.15) is 146 Å². The fourth-order valence-corrected chi connectivity index (χ4v) is 9.13. The van der Waals surface area contributed by atoms with Crippen molar-refractivity contribution in [3.8, 4) is 0 Å². The Bertz CT molecular complexity index is 1740. The molecule has 64 heavy (non-hydrogen) atoms. The average Bonchev–Trinajstić information content (AvgIpc) is 3.24. The number of allylic oxidation sites excluding steroid dienone is 1. The number of aliphatic hydroxyl groups excluding tert-OH is 1. The van der Waals surface area contributed by atoms with Crippen molar-refractivity contribution in [1.29, 1.82) is 0 Å². The number of carbonyl (C=O) groups is 2. The first-order chi connectivity index (χ1) is 30.2. The van der Waals surface area contributed by atoms with Gasteiger partial charge in [-0.1, -0.05) is 160 Å². The number of azide groups is 1. The Kier molecular flexibility index (Phi) is 23.0. The molecule has 2 aromatic carbocycles. The van der Waals surface area contributed by atoms with Crippen LogP contribution in [-0.2, 0) is 27.8 Å². The normalized spacial score (nSPS) is 20.7. The summed E-state index contributed by atoms with van der Waals surface area (Å²) in [5, 5.41) is 15.8. The highest BCUT2D eigenvalue weighted by Crippen LogP contribution is 2.41. The summed E-state index contributed by atoms with van der Waals surface area (Å²) in [6.07, 6.45) is 11.2. The molecule has 7 atom stereocenters. The molecular weight excluding hydrogens is 843 g/mol. The second-order valence-corrected chi connectivity index (χ2v) is 29.8. The number of carbonyl (C=O) groups excluding carboxylic acids is 2. The second kappa shape index (κ2) is 26.7. The molecule has 0 aliphatic carbocycles. The van der Waals surface area contributed by atoms with E-state index < -0.39 is 71.4 Å². The topological polar surface area (TPSA) is 159 Å². The third kappa shape index (κ3) is 17.8. The molecule has 0 bridgehead atoms. The van der Waals surface area contributed by atoms with E-state index >= 15 is 0 Å². The number of ether oxygens (including phenoxy) is 4. The molecule has 0 spiro atoms. The van der Waals surface area contributed by atoms with E-state index in [0.717, 1.165) is 19.3 Å². The van der Waals surface area contributed by atoms with E-state index in [9.17, 15) is 20.2 Å². The van der Waals surface area contributed by atoms with E-state index in [1.807, 2.05) is 12.1 Å². The highest BCUT2D eigenvalue weighted by molar-refractivity contribution is 6.74. The molecule has 1 heterocycles. The van der Waals surface area contributed by atoms with E-state index in [1.54, 1.807) is 60.7 Å². The Labute approximate surface area is 387 Å². The number of benzene rings is 2. The standard InChI is InChI=1S/C50H81N3O9Si2/c1-12-13-14-15-16-17-18-19-20-21-22-23-30-35-41(59-46(55)38-31-26-24-27-32-38)40(52-53-51)36-57-48-45(62-64(10,11)50(5,6)7)44(61-47(56)39-33-28-25-29-34-39)43(54)42(60-48)37-58-63(8,9)49(2,3)4/h24-35,40-45,48,54H,12-23,36-37H2,1-11H3/t40-,41+,42+,43+,44-,45-,48-/m0/s1. The fraction of sp³-hybridized carbons (Fsp3) is 0.680. The van der Waals surface area contributed by atoms with E-state index in [-0.39, 0.29) is 23.3 Å². The monoisotopic (exact) mass is 924 g/mol. The Morgan fingerprint density at radius 2 is 1.30 bits per heavy atom. The van der Waals surface area contributed by atoms with Gasteiger partial charge in [-0.3, -0.25) is 0 Å². The minimum Gasteiger partial charge on any atom is -0.454 e. The lowest BCUT2D eigenvalue weighted by molar-refractivity contribution is -0.297. The van der Waals surface area contributed by atoms with Gasteiger partial charge in [-0.2, -0.15) is 0 Å². The van der Waals surface area contributed by atoms with Crippen molar-refractivity contribution in [3.63, 3.8) is 0 Å². The van der Waals surface area contributed by atoms with Crippen molar-refractivity contribution >= 4 is 28.6 Å². The van der Waals surface area contributed by atoms with Crippen molar-refractivity contribution in [2.45, 2.75) is 205 Å². The number of nitrogens with zero attached hydrogens (tertiary/aromatic N) is 3. The van der Waals surface area contributed by atoms with Gasteiger partial charge in [-0.25, -0.2) is 9.59 Å². The first kappa shape index (κ1) is 55.0. The lowest BCUT2D eigenvalue weighted by atomic mass is 9.98. The Morgan fingerprint density at radius 1 is 0.781 bits per heavy atom. The van der Waals surface area contributed by atoms with Crippen molar-refractivity contribution in [2.75, 3.05) is 13.2 Å². The second-order valence-electron chi connectivity index (χ2n) is 20.3. The Balaban J connectivity index is 1.93. The fourth-order valence-electron chi connectivity index (χ4n) is 6.83. The first-order valence-electron chi connectivity index (χ1n) is 23.7. The minimum absolute atomic E-state index is 0.00257. The molecule has 14 heteroatoms. The molecule has 0 saturated carbocycles. The summed E-state index contributed by atoms with van der Waals surface area (Å²) in [5.41, 5.74) is 10.5. The molecule has 12 nitrogen and oxygen atoms in total. The van der Waals surface area contributed by atoms with Gasteiger partial charge in [-0.15, -0.1) is 0 Å². The van der Waals surface area contributed by atoms with Crippen LogP contribution in [0.5, 0.6) is 0 Å². The van der Waals surface area contributed by atoms with Crippen LogP contribution in [-0.4, -0.2) is 89.7 Å². The molecule has 358 valence electrons. The summed E-state index contributed by atoms with van der Waals surface area (Å²) in [6, 6.07) is 16.2. The molecule has 1 N–H and O–H groups in total. The number of esters is 2. The zero-order valence-electron chi connectivity index (χ0n) is 40.9. The summed E-state index contributed by atoms with van der Waals surface area (Å²) in [4.78, 5) is 30.4. The van der Waals surface area contributed by atoms with Crippen molar-refractivity contribution in [2.24, 2.45) is 5.11 Å². The molecule has 0 radical (unpaired) electrons. The van der Waals surface area contributed by atoms with Crippen LogP contribution in [0.15, 0.2) is 77.9 Å².